The van der Waals surface area contributed by atoms with Crippen molar-refractivity contribution >= 4 is 0 Å². The van der Waals surface area contributed by atoms with Crippen molar-refractivity contribution in [2.24, 2.45) is 0 Å². The summed E-state index contributed by atoms with van der Waals surface area (Å²) in [6.07, 6.45) is 5.28. The van der Waals surface area contributed by atoms with Crippen LogP contribution in [0, 0.1) is 0 Å². The molecule has 2 nitrogen and oxygen atoms in total. The van der Waals surface area contributed by atoms with Crippen LogP contribution >= 0.6 is 0 Å². The topological polar surface area (TPSA) is 15.3 Å². The van der Waals surface area contributed by atoms with Crippen LogP contribution in [0.3, 0.4) is 0 Å². The van der Waals surface area contributed by atoms with Gasteiger partial charge in [0, 0.05) is 24.7 Å². The fourth-order valence-corrected chi connectivity index (χ4v) is 3.45. The van der Waals surface area contributed by atoms with Gasteiger partial charge in [-0.05, 0) is 44.7 Å². The highest BCUT2D eigenvalue weighted by Crippen LogP contribution is 2.22. The Morgan fingerprint density at radius 1 is 1.17 bits per heavy atom. The monoisotopic (exact) mass is 244 g/mol. The molecule has 0 radical (unpaired) electrons. The summed E-state index contributed by atoms with van der Waals surface area (Å²) in [6.45, 7) is 4.89. The Bertz CT molecular complexity index is 376. The smallest absolute Gasteiger partial charge is 0.0198 e. The average molecular weight is 244 g/mol. The minimum absolute atomic E-state index is 0.661. The predicted octanol–water partition coefficient (Wildman–Crippen LogP) is 2.44. The van der Waals surface area contributed by atoms with Crippen LogP contribution < -0.4 is 5.32 Å². The molecule has 0 saturated carbocycles. The van der Waals surface area contributed by atoms with Gasteiger partial charge in [-0.2, -0.15) is 0 Å². The molecule has 2 fully saturated rings. The Kier molecular flexibility index (Phi) is 3.67. The second-order valence-corrected chi connectivity index (χ2v) is 5.96. The molecule has 98 valence electrons. The molecule has 3 unspecified atom stereocenters. The maximum atomic E-state index is 3.76. The molecule has 2 aliphatic heterocycles. The third-order valence-electron chi connectivity index (χ3n) is 4.55. The van der Waals surface area contributed by atoms with E-state index in [1.165, 1.54) is 44.3 Å². The first-order valence-electron chi connectivity index (χ1n) is 7.35. The molecule has 1 N–H and O–H groups in total. The summed E-state index contributed by atoms with van der Waals surface area (Å²) in [5.74, 6) is 0. The minimum Gasteiger partial charge on any atom is -0.310 e. The lowest BCUT2D eigenvalue weighted by molar-refractivity contribution is 0.197. The summed E-state index contributed by atoms with van der Waals surface area (Å²) in [5.41, 5.74) is 1.47. The van der Waals surface area contributed by atoms with E-state index < -0.39 is 0 Å². The molecule has 2 bridgehead atoms. The third-order valence-corrected chi connectivity index (χ3v) is 4.55. The van der Waals surface area contributed by atoms with E-state index in [9.17, 15) is 0 Å². The van der Waals surface area contributed by atoms with E-state index in [1.807, 2.05) is 0 Å². The molecule has 0 aliphatic carbocycles. The molecular formula is C16H24N2. The van der Waals surface area contributed by atoms with Crippen LogP contribution in [0.25, 0.3) is 0 Å². The number of rotatable bonds is 3. The lowest BCUT2D eigenvalue weighted by Crippen LogP contribution is -2.41. The Morgan fingerprint density at radius 2 is 1.94 bits per heavy atom. The summed E-state index contributed by atoms with van der Waals surface area (Å²) < 4.78 is 0. The fraction of sp³-hybridized carbons (Fsp3) is 0.625. The molecule has 1 aromatic rings. The molecule has 2 heteroatoms. The van der Waals surface area contributed by atoms with Gasteiger partial charge in [0.25, 0.3) is 0 Å². The molecule has 0 spiro atoms. The van der Waals surface area contributed by atoms with E-state index in [-0.39, 0.29) is 0 Å². The molecule has 2 heterocycles. The number of nitrogens with zero attached hydrogens (tertiary/aromatic N) is 1. The molecule has 1 aromatic carbocycles. The highest BCUT2D eigenvalue weighted by atomic mass is 15.2. The Labute approximate surface area is 110 Å². The highest BCUT2D eigenvalue weighted by Gasteiger charge is 2.30. The molecule has 2 saturated heterocycles. The van der Waals surface area contributed by atoms with Crippen molar-refractivity contribution in [3.63, 3.8) is 0 Å². The van der Waals surface area contributed by atoms with Crippen molar-refractivity contribution in [3.8, 4) is 0 Å². The SMILES string of the molecule is CC(Cc1ccccc1)N1CCC2CCC(C1)N2. The van der Waals surface area contributed by atoms with Crippen LogP contribution in [0.1, 0.15) is 31.7 Å². The first-order valence-corrected chi connectivity index (χ1v) is 7.35. The summed E-state index contributed by atoms with van der Waals surface area (Å²) in [4.78, 5) is 2.68. The molecule has 18 heavy (non-hydrogen) atoms. The van der Waals surface area contributed by atoms with Crippen LogP contribution in [0.5, 0.6) is 0 Å². The Morgan fingerprint density at radius 3 is 2.78 bits per heavy atom. The summed E-state index contributed by atoms with van der Waals surface area (Å²) in [5, 5.41) is 3.76. The number of nitrogens with one attached hydrogen (secondary N) is 1. The second kappa shape index (κ2) is 5.41. The number of fused-ring (bicyclic) bond motifs is 2. The first-order chi connectivity index (χ1) is 8.81. The van der Waals surface area contributed by atoms with E-state index in [4.69, 9.17) is 0 Å². The van der Waals surface area contributed by atoms with Gasteiger partial charge in [-0.1, -0.05) is 30.3 Å². The maximum absolute atomic E-state index is 3.76. The van der Waals surface area contributed by atoms with Gasteiger partial charge in [-0.15, -0.1) is 0 Å². The highest BCUT2D eigenvalue weighted by molar-refractivity contribution is 5.15. The van der Waals surface area contributed by atoms with Crippen molar-refractivity contribution in [3.05, 3.63) is 35.9 Å². The fourth-order valence-electron chi connectivity index (χ4n) is 3.45. The van der Waals surface area contributed by atoms with Crippen LogP contribution in [0.4, 0.5) is 0 Å². The molecule has 3 atom stereocenters. The van der Waals surface area contributed by atoms with E-state index in [0.29, 0.717) is 6.04 Å². The maximum Gasteiger partial charge on any atom is 0.0198 e. The summed E-state index contributed by atoms with van der Waals surface area (Å²) in [6, 6.07) is 13.1. The van der Waals surface area contributed by atoms with Crippen LogP contribution in [-0.2, 0) is 6.42 Å². The molecule has 3 rings (SSSR count). The Balaban J connectivity index is 1.60. The van der Waals surface area contributed by atoms with Crippen molar-refractivity contribution in [1.82, 2.24) is 10.2 Å². The van der Waals surface area contributed by atoms with Gasteiger partial charge in [0.1, 0.15) is 0 Å². The first kappa shape index (κ1) is 12.2. The van der Waals surface area contributed by atoms with E-state index >= 15 is 0 Å². The second-order valence-electron chi connectivity index (χ2n) is 5.96. The van der Waals surface area contributed by atoms with Crippen molar-refractivity contribution < 1.29 is 0 Å². The van der Waals surface area contributed by atoms with Crippen molar-refractivity contribution in [1.29, 1.82) is 0 Å². The van der Waals surface area contributed by atoms with Gasteiger partial charge in [-0.3, -0.25) is 4.90 Å². The van der Waals surface area contributed by atoms with Crippen LogP contribution in [-0.4, -0.2) is 36.1 Å². The van der Waals surface area contributed by atoms with Gasteiger partial charge in [-0.25, -0.2) is 0 Å². The zero-order valence-corrected chi connectivity index (χ0v) is 11.3. The summed E-state index contributed by atoms with van der Waals surface area (Å²) in [7, 11) is 0. The molecule has 2 aliphatic rings. The number of benzene rings is 1. The van der Waals surface area contributed by atoms with Crippen LogP contribution in [0.15, 0.2) is 30.3 Å². The number of likely N-dealkylation sites (tertiary alicyclic amines) is 1. The number of hydrogen-bond donors (Lipinski definition) is 1. The van der Waals surface area contributed by atoms with Gasteiger partial charge in [0.15, 0.2) is 0 Å². The quantitative estimate of drug-likeness (QED) is 0.878. The van der Waals surface area contributed by atoms with Gasteiger partial charge in [0.2, 0.25) is 0 Å². The lowest BCUT2D eigenvalue weighted by atomic mass is 10.0. The Hall–Kier alpha value is -0.860. The predicted molar refractivity (Wildman–Crippen MR) is 75.7 cm³/mol. The van der Waals surface area contributed by atoms with Gasteiger partial charge < -0.3 is 5.32 Å². The van der Waals surface area contributed by atoms with Crippen LogP contribution in [0.2, 0.25) is 0 Å². The largest absolute Gasteiger partial charge is 0.310 e. The van der Waals surface area contributed by atoms with Gasteiger partial charge in [0.05, 0.1) is 0 Å². The molecular weight excluding hydrogens is 220 g/mol. The number of hydrogen-bond acceptors (Lipinski definition) is 2. The molecule has 0 amide bonds. The average Bonchev–Trinajstić information content (AvgIpc) is 2.70. The van der Waals surface area contributed by atoms with E-state index in [0.717, 1.165) is 12.1 Å². The van der Waals surface area contributed by atoms with Crippen molar-refractivity contribution in [2.75, 3.05) is 13.1 Å². The summed E-state index contributed by atoms with van der Waals surface area (Å²) >= 11 is 0. The third kappa shape index (κ3) is 2.76. The normalized spacial score (nSPS) is 30.1. The van der Waals surface area contributed by atoms with E-state index in [2.05, 4.69) is 47.5 Å². The van der Waals surface area contributed by atoms with Crippen molar-refractivity contribution in [2.45, 2.75) is 50.7 Å². The van der Waals surface area contributed by atoms with E-state index in [1.54, 1.807) is 0 Å². The molecule has 0 aromatic heterocycles. The zero-order chi connectivity index (χ0) is 12.4. The lowest BCUT2D eigenvalue weighted by Gasteiger charge is -2.30. The zero-order valence-electron chi connectivity index (χ0n) is 11.3. The van der Waals surface area contributed by atoms with Gasteiger partial charge >= 0.3 is 0 Å². The minimum atomic E-state index is 0.661. The standard InChI is InChI=1S/C16H24N2/c1-13(11-14-5-3-2-4-6-14)18-10-9-15-7-8-16(12-18)17-15/h2-6,13,15-17H,7-12H2,1H3.